The summed E-state index contributed by atoms with van der Waals surface area (Å²) in [5.41, 5.74) is 1.68. The minimum atomic E-state index is -0.421. The second kappa shape index (κ2) is 7.40. The summed E-state index contributed by atoms with van der Waals surface area (Å²) in [5, 5.41) is 11.0. The molecule has 2 aromatic carbocycles. The molecule has 0 saturated carbocycles. The average Bonchev–Trinajstić information content (AvgIpc) is 2.47. The fourth-order valence-corrected chi connectivity index (χ4v) is 1.96. The van der Waals surface area contributed by atoms with Gasteiger partial charge in [0.25, 0.3) is 0 Å². The lowest BCUT2D eigenvalue weighted by molar-refractivity contribution is -0.386. The first kappa shape index (κ1) is 15.0. The van der Waals surface area contributed by atoms with E-state index < -0.39 is 4.92 Å². The maximum atomic E-state index is 11.0. The van der Waals surface area contributed by atoms with Gasteiger partial charge in [0.15, 0.2) is 5.75 Å². The Hall–Kier alpha value is -2.40. The van der Waals surface area contributed by atoms with Gasteiger partial charge >= 0.3 is 5.69 Å². The minimum absolute atomic E-state index is 0.0144. The molecule has 0 heterocycles. The largest absolute Gasteiger partial charge is 0.484 e. The van der Waals surface area contributed by atoms with Crippen molar-refractivity contribution >= 4 is 5.69 Å². The van der Waals surface area contributed by atoms with Gasteiger partial charge in [0.2, 0.25) is 0 Å². The van der Waals surface area contributed by atoms with Crippen LogP contribution in [-0.4, -0.2) is 18.1 Å². The molecular weight excluding hydrogens is 270 g/mol. The van der Waals surface area contributed by atoms with Gasteiger partial charge in [-0.25, -0.2) is 0 Å². The van der Waals surface area contributed by atoms with Crippen LogP contribution in [0.1, 0.15) is 11.1 Å². The molecule has 0 atom stereocenters. The zero-order chi connectivity index (χ0) is 15.1. The molecule has 0 aromatic heterocycles. The van der Waals surface area contributed by atoms with E-state index in [1.165, 1.54) is 0 Å². The Bertz CT molecular complexity index is 598. The van der Waals surface area contributed by atoms with Crippen molar-refractivity contribution in [1.82, 2.24) is 0 Å². The van der Waals surface area contributed by atoms with Crippen LogP contribution >= 0.6 is 0 Å². The molecule has 0 radical (unpaired) electrons. The summed E-state index contributed by atoms with van der Waals surface area (Å²) in [6.45, 7) is 2.84. The van der Waals surface area contributed by atoms with E-state index >= 15 is 0 Å². The average molecular weight is 287 g/mol. The van der Waals surface area contributed by atoms with Crippen molar-refractivity contribution in [3.8, 4) is 5.75 Å². The van der Waals surface area contributed by atoms with E-state index in [1.54, 1.807) is 25.1 Å². The molecule has 2 rings (SSSR count). The summed E-state index contributed by atoms with van der Waals surface area (Å²) in [6, 6.07) is 14.8. The summed E-state index contributed by atoms with van der Waals surface area (Å²) >= 11 is 0. The van der Waals surface area contributed by atoms with Crippen LogP contribution in [0.4, 0.5) is 5.69 Å². The van der Waals surface area contributed by atoms with Gasteiger partial charge in [-0.15, -0.1) is 0 Å². The molecular formula is C16H17NO4. The van der Waals surface area contributed by atoms with E-state index in [-0.39, 0.29) is 18.0 Å². The summed E-state index contributed by atoms with van der Waals surface area (Å²) in [5.74, 6) is 0.281. The summed E-state index contributed by atoms with van der Waals surface area (Å²) in [7, 11) is 0. The van der Waals surface area contributed by atoms with Crippen molar-refractivity contribution in [1.29, 1.82) is 0 Å². The van der Waals surface area contributed by atoms with Gasteiger partial charge in [0.1, 0.15) is 6.61 Å². The van der Waals surface area contributed by atoms with E-state index in [1.807, 2.05) is 30.3 Å². The molecule has 21 heavy (non-hydrogen) atoms. The molecule has 110 valence electrons. The van der Waals surface area contributed by atoms with Crippen LogP contribution in [0.25, 0.3) is 0 Å². The van der Waals surface area contributed by atoms with Crippen LogP contribution in [0.3, 0.4) is 0 Å². The number of hydrogen-bond donors (Lipinski definition) is 0. The third-order valence-electron chi connectivity index (χ3n) is 2.98. The van der Waals surface area contributed by atoms with Crippen LogP contribution in [0, 0.1) is 17.0 Å². The first-order chi connectivity index (χ1) is 10.2. The van der Waals surface area contributed by atoms with Crippen LogP contribution < -0.4 is 4.74 Å². The first-order valence-electron chi connectivity index (χ1n) is 6.67. The SMILES string of the molecule is Cc1cccc(OCCOCc2ccccc2)c1[N+](=O)[O-]. The quantitative estimate of drug-likeness (QED) is 0.444. The fraction of sp³-hybridized carbons (Fsp3) is 0.250. The standard InChI is InChI=1S/C16H17NO4/c1-13-6-5-9-15(16(13)17(18)19)21-11-10-20-12-14-7-3-2-4-8-14/h2-9H,10-12H2,1H3. The zero-order valence-electron chi connectivity index (χ0n) is 11.8. The highest BCUT2D eigenvalue weighted by atomic mass is 16.6. The second-order valence-electron chi connectivity index (χ2n) is 4.57. The highest BCUT2D eigenvalue weighted by Crippen LogP contribution is 2.29. The maximum absolute atomic E-state index is 11.0. The number of para-hydroxylation sites is 1. The van der Waals surface area contributed by atoms with Crippen LogP contribution in [0.2, 0.25) is 0 Å². The Morgan fingerprint density at radius 2 is 1.81 bits per heavy atom. The minimum Gasteiger partial charge on any atom is -0.484 e. The summed E-state index contributed by atoms with van der Waals surface area (Å²) < 4.78 is 10.9. The third-order valence-corrected chi connectivity index (χ3v) is 2.98. The van der Waals surface area contributed by atoms with E-state index in [0.717, 1.165) is 5.56 Å². The van der Waals surface area contributed by atoms with Gasteiger partial charge in [-0.05, 0) is 18.6 Å². The van der Waals surface area contributed by atoms with Crippen molar-refractivity contribution in [3.63, 3.8) is 0 Å². The lowest BCUT2D eigenvalue weighted by Gasteiger charge is -2.08. The van der Waals surface area contributed by atoms with E-state index in [4.69, 9.17) is 9.47 Å². The van der Waals surface area contributed by atoms with Crippen molar-refractivity contribution in [2.45, 2.75) is 13.5 Å². The van der Waals surface area contributed by atoms with Gasteiger partial charge in [-0.1, -0.05) is 42.5 Å². The second-order valence-corrected chi connectivity index (χ2v) is 4.57. The topological polar surface area (TPSA) is 61.6 Å². The van der Waals surface area contributed by atoms with Crippen LogP contribution in [0.5, 0.6) is 5.75 Å². The number of nitro benzene ring substituents is 1. The summed E-state index contributed by atoms with van der Waals surface area (Å²) in [6.07, 6.45) is 0. The molecule has 0 bridgehead atoms. The monoisotopic (exact) mass is 287 g/mol. The van der Waals surface area contributed by atoms with Crippen LogP contribution in [0.15, 0.2) is 48.5 Å². The Kier molecular flexibility index (Phi) is 5.29. The third kappa shape index (κ3) is 4.29. The van der Waals surface area contributed by atoms with Gasteiger partial charge in [0, 0.05) is 5.56 Å². The number of ether oxygens (including phenoxy) is 2. The predicted octanol–water partition coefficient (Wildman–Crippen LogP) is 3.50. The Morgan fingerprint density at radius 3 is 2.52 bits per heavy atom. The molecule has 0 unspecified atom stereocenters. The van der Waals surface area contributed by atoms with E-state index in [2.05, 4.69) is 0 Å². The van der Waals surface area contributed by atoms with Crippen molar-refractivity contribution in [2.24, 2.45) is 0 Å². The molecule has 2 aromatic rings. The number of aryl methyl sites for hydroxylation is 1. The molecule has 0 aliphatic carbocycles. The molecule has 0 aliphatic heterocycles. The number of nitro groups is 1. The van der Waals surface area contributed by atoms with Gasteiger partial charge < -0.3 is 9.47 Å². The lowest BCUT2D eigenvalue weighted by atomic mass is 10.2. The van der Waals surface area contributed by atoms with Crippen molar-refractivity contribution in [2.75, 3.05) is 13.2 Å². The highest BCUT2D eigenvalue weighted by Gasteiger charge is 2.17. The van der Waals surface area contributed by atoms with Crippen LogP contribution in [-0.2, 0) is 11.3 Å². The predicted molar refractivity (Wildman–Crippen MR) is 79.4 cm³/mol. The van der Waals surface area contributed by atoms with Gasteiger partial charge in [-0.2, -0.15) is 0 Å². The molecule has 0 spiro atoms. The number of rotatable bonds is 7. The Labute approximate surface area is 123 Å². The maximum Gasteiger partial charge on any atom is 0.313 e. The normalized spacial score (nSPS) is 10.3. The number of hydrogen-bond acceptors (Lipinski definition) is 4. The van der Waals surface area contributed by atoms with E-state index in [9.17, 15) is 10.1 Å². The van der Waals surface area contributed by atoms with Gasteiger partial charge in [0.05, 0.1) is 18.1 Å². The zero-order valence-corrected chi connectivity index (χ0v) is 11.8. The summed E-state index contributed by atoms with van der Waals surface area (Å²) in [4.78, 5) is 10.6. The smallest absolute Gasteiger partial charge is 0.313 e. The Balaban J connectivity index is 1.81. The highest BCUT2D eigenvalue weighted by molar-refractivity contribution is 5.51. The lowest BCUT2D eigenvalue weighted by Crippen LogP contribution is -2.08. The molecule has 0 N–H and O–H groups in total. The molecule has 0 fully saturated rings. The molecule has 0 saturated heterocycles. The first-order valence-corrected chi connectivity index (χ1v) is 6.67. The van der Waals surface area contributed by atoms with Gasteiger partial charge in [-0.3, -0.25) is 10.1 Å². The number of nitrogens with zero attached hydrogens (tertiary/aromatic N) is 1. The molecule has 5 nitrogen and oxygen atoms in total. The fourth-order valence-electron chi connectivity index (χ4n) is 1.96. The molecule has 0 aliphatic rings. The van der Waals surface area contributed by atoms with Crippen molar-refractivity contribution < 1.29 is 14.4 Å². The number of benzene rings is 2. The van der Waals surface area contributed by atoms with Crippen molar-refractivity contribution in [3.05, 3.63) is 69.8 Å². The molecule has 0 amide bonds. The van der Waals surface area contributed by atoms with E-state index in [0.29, 0.717) is 18.8 Å². The molecule has 5 heteroatoms. The Morgan fingerprint density at radius 1 is 1.05 bits per heavy atom.